The summed E-state index contributed by atoms with van der Waals surface area (Å²) in [6.45, 7) is 14.4. The quantitative estimate of drug-likeness (QED) is 0.111. The number of halogens is 2. The van der Waals surface area contributed by atoms with E-state index in [2.05, 4.69) is 33.8 Å². The largest absolute Gasteiger partial charge is 0.489 e. The van der Waals surface area contributed by atoms with Crippen LogP contribution in [0.25, 0.3) is 22.1 Å². The number of carbonyl (C=O) groups excluding carboxylic acids is 4. The summed E-state index contributed by atoms with van der Waals surface area (Å²) in [5, 5.41) is 6.85. The molecule has 19 heteroatoms. The van der Waals surface area contributed by atoms with E-state index in [9.17, 15) is 19.2 Å². The maximum absolute atomic E-state index is 13.2. The SMILES string of the molecule is C.C=CC(=O)N1CCCC[C@@H](n2c(NC(=O)c3ccnc(C)c3)nc3ccc(OC4CC4)c(Cl)c32)C1.C=CC(=O)N1CCCC[C@@H](n2c(NC(=O)c3ccnc(C)c3)nc3ccc(O[C@@H]4CCOC4)c(Cl)c32)C1. The monoisotopic (exact) mass is 1030 g/mol. The molecule has 4 aromatic heterocycles. The fraction of sp³-hybridized carbons (Fsp3) is 0.407. The van der Waals surface area contributed by atoms with Gasteiger partial charge in [-0.05, 0) is 126 Å². The Labute approximate surface area is 434 Å². The van der Waals surface area contributed by atoms with E-state index in [4.69, 9.17) is 47.4 Å². The number of benzene rings is 2. The first-order chi connectivity index (χ1) is 34.9. The van der Waals surface area contributed by atoms with E-state index in [1.165, 1.54) is 12.2 Å². The van der Waals surface area contributed by atoms with Gasteiger partial charge in [0.05, 0.1) is 53.5 Å². The lowest BCUT2D eigenvalue weighted by Crippen LogP contribution is -2.34. The lowest BCUT2D eigenvalue weighted by atomic mass is 10.1. The van der Waals surface area contributed by atoms with Crippen LogP contribution in [0.3, 0.4) is 0 Å². The Kier molecular flexibility index (Phi) is 16.8. The number of likely N-dealkylation sites (tertiary alicyclic amines) is 2. The van der Waals surface area contributed by atoms with Gasteiger partial charge >= 0.3 is 0 Å². The second kappa shape index (κ2) is 23.4. The Balaban J connectivity index is 0.000000192. The molecule has 0 spiro atoms. The summed E-state index contributed by atoms with van der Waals surface area (Å²) >= 11 is 13.8. The van der Waals surface area contributed by atoms with Crippen LogP contribution >= 0.6 is 23.2 Å². The molecular weight excluding hydrogens is 972 g/mol. The van der Waals surface area contributed by atoms with Crippen molar-refractivity contribution in [3.05, 3.63) is 119 Å². The van der Waals surface area contributed by atoms with Crippen molar-refractivity contribution >= 4 is 80.8 Å². The highest BCUT2D eigenvalue weighted by atomic mass is 35.5. The second-order valence-electron chi connectivity index (χ2n) is 18.6. The zero-order valence-corrected chi connectivity index (χ0v) is 42.0. The normalized spacial score (nSPS) is 18.9. The molecule has 4 aliphatic rings. The molecule has 4 amide bonds. The molecule has 0 radical (unpaired) electrons. The molecule has 3 aliphatic heterocycles. The van der Waals surface area contributed by atoms with Crippen molar-refractivity contribution in [1.29, 1.82) is 0 Å². The summed E-state index contributed by atoms with van der Waals surface area (Å²) in [5.41, 5.74) is 5.11. The van der Waals surface area contributed by atoms with Crippen molar-refractivity contribution in [1.82, 2.24) is 38.9 Å². The third-order valence-corrected chi connectivity index (χ3v) is 14.0. The van der Waals surface area contributed by atoms with Crippen molar-refractivity contribution in [3.63, 3.8) is 0 Å². The molecule has 3 saturated heterocycles. The molecule has 2 aromatic carbocycles. The van der Waals surface area contributed by atoms with E-state index in [0.717, 1.165) is 69.2 Å². The van der Waals surface area contributed by atoms with Gasteiger partial charge in [0.15, 0.2) is 0 Å². The molecule has 3 atom stereocenters. The molecule has 6 aromatic rings. The predicted molar refractivity (Wildman–Crippen MR) is 283 cm³/mol. The lowest BCUT2D eigenvalue weighted by molar-refractivity contribution is -0.127. The van der Waals surface area contributed by atoms with Crippen LogP contribution in [0.2, 0.25) is 10.0 Å². The molecule has 0 unspecified atom stereocenters. The highest BCUT2D eigenvalue weighted by Crippen LogP contribution is 2.42. The number of fused-ring (bicyclic) bond motifs is 2. The first kappa shape index (κ1) is 52.5. The van der Waals surface area contributed by atoms with Gasteiger partial charge in [0, 0.05) is 67.5 Å². The topological polar surface area (TPSA) is 188 Å². The smallest absolute Gasteiger partial charge is 0.258 e. The van der Waals surface area contributed by atoms with Gasteiger partial charge in [-0.25, -0.2) is 9.97 Å². The molecule has 0 bridgehead atoms. The first-order valence-electron chi connectivity index (χ1n) is 24.5. The van der Waals surface area contributed by atoms with Crippen LogP contribution in [0.5, 0.6) is 11.5 Å². The molecule has 17 nitrogen and oxygen atoms in total. The van der Waals surface area contributed by atoms with E-state index < -0.39 is 0 Å². The number of pyridine rings is 2. The maximum atomic E-state index is 13.2. The number of ether oxygens (including phenoxy) is 3. The van der Waals surface area contributed by atoms with Crippen LogP contribution in [0.1, 0.15) is 109 Å². The Hall–Kier alpha value is -6.82. The Morgan fingerprint density at radius 2 is 1.12 bits per heavy atom. The Morgan fingerprint density at radius 3 is 1.53 bits per heavy atom. The van der Waals surface area contributed by atoms with E-state index >= 15 is 0 Å². The number of rotatable bonds is 12. The number of amides is 4. The Bertz CT molecular complexity index is 3040. The number of aryl methyl sites for hydroxylation is 2. The maximum Gasteiger partial charge on any atom is 0.258 e. The van der Waals surface area contributed by atoms with Crippen molar-refractivity contribution in [3.8, 4) is 11.5 Å². The van der Waals surface area contributed by atoms with E-state index in [1.807, 2.05) is 41.2 Å². The highest BCUT2D eigenvalue weighted by Gasteiger charge is 2.32. The van der Waals surface area contributed by atoms with Crippen molar-refractivity contribution in [2.45, 2.75) is 103 Å². The molecule has 7 heterocycles. The van der Waals surface area contributed by atoms with Gasteiger partial charge in [-0.15, -0.1) is 0 Å². The van der Waals surface area contributed by atoms with Crippen molar-refractivity contribution in [2.75, 3.05) is 50.0 Å². The van der Waals surface area contributed by atoms with Crippen LogP contribution in [-0.2, 0) is 14.3 Å². The third kappa shape index (κ3) is 12.0. The van der Waals surface area contributed by atoms with Crippen LogP contribution in [0, 0.1) is 13.8 Å². The first-order valence-corrected chi connectivity index (χ1v) is 25.3. The summed E-state index contributed by atoms with van der Waals surface area (Å²) in [4.78, 5) is 72.8. The predicted octanol–water partition coefficient (Wildman–Crippen LogP) is 10.1. The third-order valence-electron chi connectivity index (χ3n) is 13.3. The number of nitrogens with zero attached hydrogens (tertiary/aromatic N) is 8. The van der Waals surface area contributed by atoms with Gasteiger partial charge < -0.3 is 33.1 Å². The number of aromatic nitrogens is 6. The van der Waals surface area contributed by atoms with Gasteiger partial charge in [-0.2, -0.15) is 0 Å². The highest BCUT2D eigenvalue weighted by molar-refractivity contribution is 6.37. The van der Waals surface area contributed by atoms with Gasteiger partial charge in [0.2, 0.25) is 23.7 Å². The number of hydrogen-bond acceptors (Lipinski definition) is 11. The van der Waals surface area contributed by atoms with E-state index in [1.54, 1.807) is 52.5 Å². The summed E-state index contributed by atoms with van der Waals surface area (Å²) < 4.78 is 21.6. The zero-order valence-electron chi connectivity index (χ0n) is 40.4. The minimum Gasteiger partial charge on any atom is -0.489 e. The fourth-order valence-corrected chi connectivity index (χ4v) is 10.1. The summed E-state index contributed by atoms with van der Waals surface area (Å²) in [5.74, 6) is 1.10. The van der Waals surface area contributed by atoms with E-state index in [0.29, 0.717) is 106 Å². The summed E-state index contributed by atoms with van der Waals surface area (Å²) in [6, 6.07) is 13.8. The lowest BCUT2D eigenvalue weighted by Gasteiger charge is -2.26. The number of imidazole rings is 2. The van der Waals surface area contributed by atoms with Crippen LogP contribution in [-0.4, -0.2) is 114 Å². The standard InChI is InChI=1S/C27H30ClN5O4.C26H28ClN5O3.CH4/c1-3-23(34)32-12-5-4-6-19(15-32)33-25-21(7-8-22(24(25)28)37-20-10-13-36-16-20)30-27(33)31-26(35)18-9-11-29-17(2)14-18;1-3-22(33)31-13-5-4-6-18(15-31)32-24-20(9-10-21(23(24)27)35-19-7-8-19)29-26(32)30-25(34)17-11-12-28-16(2)14-17;/h3,7-9,11,14,19-20H,1,4-6,10,12-13,15-16H2,2H3,(H,30,31,35);3,9-12,14,18-19H,1,4-8,13,15H2,2H3,(H,29,30,34);1H4/t19-,20-;18-;/m11./s1. The van der Waals surface area contributed by atoms with Crippen LogP contribution < -0.4 is 20.1 Å². The molecule has 73 heavy (non-hydrogen) atoms. The average molecular weight is 1030 g/mol. The molecule has 10 rings (SSSR count). The number of nitrogens with one attached hydrogen (secondary N) is 2. The van der Waals surface area contributed by atoms with Gasteiger partial charge in [-0.3, -0.25) is 39.8 Å². The van der Waals surface area contributed by atoms with Gasteiger partial charge in [0.25, 0.3) is 11.8 Å². The molecular formula is C54H62Cl2N10O7. The fourth-order valence-electron chi connectivity index (χ4n) is 9.52. The van der Waals surface area contributed by atoms with Gasteiger partial charge in [-0.1, -0.05) is 43.8 Å². The van der Waals surface area contributed by atoms with Gasteiger partial charge in [0.1, 0.15) is 27.6 Å². The minimum absolute atomic E-state index is 0. The van der Waals surface area contributed by atoms with Crippen molar-refractivity contribution < 1.29 is 33.4 Å². The number of anilines is 2. The van der Waals surface area contributed by atoms with Crippen LogP contribution in [0.15, 0.2) is 86.2 Å². The average Bonchev–Trinajstić information content (AvgIpc) is 3.94. The molecule has 1 aliphatic carbocycles. The number of hydrogen-bond donors (Lipinski definition) is 2. The molecule has 384 valence electrons. The van der Waals surface area contributed by atoms with Crippen LogP contribution in [0.4, 0.5) is 11.9 Å². The second-order valence-corrected chi connectivity index (χ2v) is 19.3. The molecule has 2 N–H and O–H groups in total. The van der Waals surface area contributed by atoms with E-state index in [-0.39, 0.29) is 55.3 Å². The Morgan fingerprint density at radius 1 is 0.658 bits per heavy atom. The minimum atomic E-state index is -0.301. The zero-order chi connectivity index (χ0) is 50.5. The molecule has 4 fully saturated rings. The van der Waals surface area contributed by atoms with Crippen molar-refractivity contribution in [2.24, 2.45) is 0 Å². The number of carbonyl (C=O) groups is 4. The summed E-state index contributed by atoms with van der Waals surface area (Å²) in [7, 11) is 0. The molecule has 1 saturated carbocycles. The summed E-state index contributed by atoms with van der Waals surface area (Å²) in [6.07, 6.45) is 14.1.